The molecule has 108 valence electrons. The van der Waals surface area contributed by atoms with Crippen molar-refractivity contribution in [2.75, 3.05) is 26.2 Å². The van der Waals surface area contributed by atoms with Crippen LogP contribution in [0.4, 0.5) is 0 Å². The minimum absolute atomic E-state index is 0.138. The molecule has 0 spiro atoms. The number of likely N-dealkylation sites (N-methyl/N-ethyl adjacent to an activating group) is 1. The van der Waals surface area contributed by atoms with Crippen molar-refractivity contribution >= 4 is 5.97 Å². The summed E-state index contributed by atoms with van der Waals surface area (Å²) in [5.74, 6) is -0.138. The number of rotatable bonds is 10. The maximum atomic E-state index is 11.9. The van der Waals surface area contributed by atoms with Crippen LogP contribution in [0.2, 0.25) is 0 Å². The molecule has 0 bridgehead atoms. The van der Waals surface area contributed by atoms with Gasteiger partial charge >= 0.3 is 5.97 Å². The number of unbranched alkanes of at least 4 members (excludes halogenated alkanes) is 1. The molecule has 0 rings (SSSR count). The molecule has 0 amide bonds. The quantitative estimate of drug-likeness (QED) is 0.609. The monoisotopic (exact) mass is 258 g/mol. The van der Waals surface area contributed by atoms with Crippen molar-refractivity contribution in [2.45, 2.75) is 59.5 Å². The maximum Gasteiger partial charge on any atom is 0.324 e. The van der Waals surface area contributed by atoms with E-state index in [1.165, 1.54) is 12.8 Å². The second kappa shape index (κ2) is 10.3. The van der Waals surface area contributed by atoms with E-state index in [1.54, 1.807) is 0 Å². The molecular weight excluding hydrogens is 228 g/mol. The Kier molecular flexibility index (Phi) is 9.98. The van der Waals surface area contributed by atoms with Gasteiger partial charge in [0.25, 0.3) is 0 Å². The van der Waals surface area contributed by atoms with Crippen LogP contribution in [0.1, 0.15) is 47.5 Å². The van der Waals surface area contributed by atoms with E-state index < -0.39 is 0 Å². The van der Waals surface area contributed by atoms with Gasteiger partial charge in [-0.2, -0.15) is 0 Å². The summed E-state index contributed by atoms with van der Waals surface area (Å²) >= 11 is 0. The van der Waals surface area contributed by atoms with Crippen LogP contribution in [-0.2, 0) is 9.53 Å². The molecule has 1 N–H and O–H groups in total. The normalized spacial score (nSPS) is 13.1. The minimum Gasteiger partial charge on any atom is -0.465 e. The first kappa shape index (κ1) is 17.4. The number of nitrogens with zero attached hydrogens (tertiary/aromatic N) is 1. The predicted octanol–water partition coefficient (Wildman–Crippen LogP) is 2.04. The van der Waals surface area contributed by atoms with E-state index in [-0.39, 0.29) is 18.1 Å². The molecule has 0 saturated heterocycles. The summed E-state index contributed by atoms with van der Waals surface area (Å²) in [5, 5.41) is 3.29. The molecule has 0 aromatic heterocycles. The van der Waals surface area contributed by atoms with E-state index in [0.29, 0.717) is 6.61 Å². The Morgan fingerprint density at radius 3 is 2.39 bits per heavy atom. The first-order valence-electron chi connectivity index (χ1n) is 7.20. The Morgan fingerprint density at radius 2 is 1.94 bits per heavy atom. The number of hydrogen-bond donors (Lipinski definition) is 1. The van der Waals surface area contributed by atoms with Crippen LogP contribution in [0.5, 0.6) is 0 Å². The second-order valence-corrected chi connectivity index (χ2v) is 4.87. The molecule has 0 fully saturated rings. The Morgan fingerprint density at radius 1 is 1.28 bits per heavy atom. The fourth-order valence-corrected chi connectivity index (χ4v) is 1.86. The Hall–Kier alpha value is -0.610. The zero-order valence-corrected chi connectivity index (χ0v) is 12.7. The molecule has 0 aromatic rings. The van der Waals surface area contributed by atoms with Crippen LogP contribution < -0.4 is 5.32 Å². The van der Waals surface area contributed by atoms with Crippen molar-refractivity contribution in [3.05, 3.63) is 0 Å². The fraction of sp³-hybridized carbons (Fsp3) is 0.929. The minimum atomic E-state index is -0.221. The topological polar surface area (TPSA) is 41.6 Å². The Labute approximate surface area is 112 Å². The smallest absolute Gasteiger partial charge is 0.324 e. The third-order valence-electron chi connectivity index (χ3n) is 2.82. The fourth-order valence-electron chi connectivity index (χ4n) is 1.86. The Balaban J connectivity index is 4.39. The van der Waals surface area contributed by atoms with Crippen LogP contribution in [0.25, 0.3) is 0 Å². The third kappa shape index (κ3) is 7.67. The summed E-state index contributed by atoms with van der Waals surface area (Å²) in [7, 11) is 0. The molecular formula is C14H30N2O2. The number of ether oxygens (including phenoxy) is 1. The van der Waals surface area contributed by atoms with Crippen LogP contribution >= 0.6 is 0 Å². The SMILES string of the molecule is CCCCN(CC)CC(NC(C)C)C(=O)OCC. The summed E-state index contributed by atoms with van der Waals surface area (Å²) in [4.78, 5) is 14.2. The lowest BCUT2D eigenvalue weighted by Gasteiger charge is -2.27. The zero-order valence-electron chi connectivity index (χ0n) is 12.7. The van der Waals surface area contributed by atoms with Gasteiger partial charge in [0, 0.05) is 12.6 Å². The predicted molar refractivity (Wildman–Crippen MR) is 75.7 cm³/mol. The molecule has 1 unspecified atom stereocenters. The van der Waals surface area contributed by atoms with E-state index in [9.17, 15) is 4.79 Å². The first-order valence-corrected chi connectivity index (χ1v) is 7.20. The van der Waals surface area contributed by atoms with Gasteiger partial charge in [-0.25, -0.2) is 0 Å². The van der Waals surface area contributed by atoms with Gasteiger partial charge in [-0.15, -0.1) is 0 Å². The molecule has 0 aromatic carbocycles. The average molecular weight is 258 g/mol. The molecule has 0 heterocycles. The van der Waals surface area contributed by atoms with Crippen molar-refractivity contribution in [1.29, 1.82) is 0 Å². The third-order valence-corrected chi connectivity index (χ3v) is 2.82. The summed E-state index contributed by atoms with van der Waals surface area (Å²) < 4.78 is 5.13. The van der Waals surface area contributed by atoms with Gasteiger partial charge in [0.1, 0.15) is 6.04 Å². The highest BCUT2D eigenvalue weighted by molar-refractivity contribution is 5.76. The van der Waals surface area contributed by atoms with Crippen LogP contribution in [-0.4, -0.2) is 49.2 Å². The van der Waals surface area contributed by atoms with Crippen molar-refractivity contribution in [1.82, 2.24) is 10.2 Å². The highest BCUT2D eigenvalue weighted by Crippen LogP contribution is 2.00. The van der Waals surface area contributed by atoms with Gasteiger partial charge in [-0.3, -0.25) is 4.79 Å². The molecule has 18 heavy (non-hydrogen) atoms. The molecule has 0 aliphatic heterocycles. The zero-order chi connectivity index (χ0) is 14.0. The largest absolute Gasteiger partial charge is 0.465 e. The van der Waals surface area contributed by atoms with Gasteiger partial charge < -0.3 is 15.0 Å². The second-order valence-electron chi connectivity index (χ2n) is 4.87. The molecule has 0 radical (unpaired) electrons. The highest BCUT2D eigenvalue weighted by Gasteiger charge is 2.22. The summed E-state index contributed by atoms with van der Waals surface area (Å²) in [6, 6.07) is 0.0612. The molecule has 0 aliphatic rings. The van der Waals surface area contributed by atoms with Gasteiger partial charge in [0.15, 0.2) is 0 Å². The first-order chi connectivity index (χ1) is 8.54. The van der Waals surface area contributed by atoms with Crippen molar-refractivity contribution in [3.63, 3.8) is 0 Å². The van der Waals surface area contributed by atoms with Crippen LogP contribution in [0.3, 0.4) is 0 Å². The molecule has 0 saturated carbocycles. The lowest BCUT2D eigenvalue weighted by molar-refractivity contribution is -0.146. The van der Waals surface area contributed by atoms with E-state index >= 15 is 0 Å². The molecule has 0 aliphatic carbocycles. The van der Waals surface area contributed by atoms with E-state index in [1.807, 2.05) is 6.92 Å². The number of esters is 1. The molecule has 4 nitrogen and oxygen atoms in total. The summed E-state index contributed by atoms with van der Waals surface area (Å²) in [5.41, 5.74) is 0. The number of carbonyl (C=O) groups excluding carboxylic acids is 1. The number of hydrogen-bond acceptors (Lipinski definition) is 4. The van der Waals surface area contributed by atoms with Gasteiger partial charge in [0.05, 0.1) is 6.61 Å². The standard InChI is InChI=1S/C14H30N2O2/c1-6-9-10-16(7-2)11-13(15-12(4)5)14(17)18-8-3/h12-13,15H,6-11H2,1-5H3. The number of carbonyl (C=O) groups is 1. The van der Waals surface area contributed by atoms with Gasteiger partial charge in [-0.1, -0.05) is 34.1 Å². The van der Waals surface area contributed by atoms with E-state index in [0.717, 1.165) is 19.6 Å². The highest BCUT2D eigenvalue weighted by atomic mass is 16.5. The average Bonchev–Trinajstić information content (AvgIpc) is 2.32. The van der Waals surface area contributed by atoms with Crippen molar-refractivity contribution in [2.24, 2.45) is 0 Å². The van der Waals surface area contributed by atoms with Crippen LogP contribution in [0.15, 0.2) is 0 Å². The summed E-state index contributed by atoms with van der Waals surface area (Å²) in [6.07, 6.45) is 2.35. The lowest BCUT2D eigenvalue weighted by Crippen LogP contribution is -2.49. The molecule has 1 atom stereocenters. The van der Waals surface area contributed by atoms with Gasteiger partial charge in [-0.05, 0) is 26.4 Å². The summed E-state index contributed by atoms with van der Waals surface area (Å²) in [6.45, 7) is 13.4. The maximum absolute atomic E-state index is 11.9. The van der Waals surface area contributed by atoms with Crippen LogP contribution in [0, 0.1) is 0 Å². The Bertz CT molecular complexity index is 220. The van der Waals surface area contributed by atoms with E-state index in [2.05, 4.69) is 37.9 Å². The van der Waals surface area contributed by atoms with Gasteiger partial charge in [0.2, 0.25) is 0 Å². The lowest BCUT2D eigenvalue weighted by atomic mass is 10.2. The van der Waals surface area contributed by atoms with Crippen molar-refractivity contribution < 1.29 is 9.53 Å². The van der Waals surface area contributed by atoms with E-state index in [4.69, 9.17) is 4.74 Å². The number of nitrogens with one attached hydrogen (secondary N) is 1. The van der Waals surface area contributed by atoms with Crippen molar-refractivity contribution in [3.8, 4) is 0 Å². The molecule has 4 heteroatoms.